The van der Waals surface area contributed by atoms with E-state index >= 15 is 0 Å². The van der Waals surface area contributed by atoms with Gasteiger partial charge in [0.25, 0.3) is 0 Å². The van der Waals surface area contributed by atoms with Crippen molar-refractivity contribution < 1.29 is 14.3 Å². The Balaban J connectivity index is 1.77. The number of methoxy groups -OCH3 is 1. The monoisotopic (exact) mass is 294 g/mol. The van der Waals surface area contributed by atoms with Crippen LogP contribution in [0.15, 0.2) is 54.6 Å². The highest BCUT2D eigenvalue weighted by molar-refractivity contribution is 5.93. The van der Waals surface area contributed by atoms with Crippen molar-refractivity contribution in [3.05, 3.63) is 71.3 Å². The van der Waals surface area contributed by atoms with Crippen LogP contribution in [0.1, 0.15) is 23.1 Å². The smallest absolute Gasteiger partial charge is 0.330 e. The van der Waals surface area contributed by atoms with Gasteiger partial charge in [-0.2, -0.15) is 0 Å². The number of fused-ring (bicyclic) bond motifs is 1. The largest absolute Gasteiger partial charge is 0.489 e. The average molecular weight is 294 g/mol. The van der Waals surface area contributed by atoms with Crippen LogP contribution in [-0.4, -0.2) is 13.1 Å². The zero-order valence-corrected chi connectivity index (χ0v) is 12.5. The molecule has 2 aromatic carbocycles. The molecule has 0 amide bonds. The van der Waals surface area contributed by atoms with E-state index in [1.54, 1.807) is 6.08 Å². The number of rotatable bonds is 4. The molecule has 3 heteroatoms. The fourth-order valence-corrected chi connectivity index (χ4v) is 2.66. The Labute approximate surface area is 130 Å². The van der Waals surface area contributed by atoms with E-state index in [2.05, 4.69) is 6.07 Å². The molecule has 0 bridgehead atoms. The molecule has 0 saturated carbocycles. The predicted molar refractivity (Wildman–Crippen MR) is 85.5 cm³/mol. The van der Waals surface area contributed by atoms with E-state index in [0.29, 0.717) is 6.61 Å². The van der Waals surface area contributed by atoms with Gasteiger partial charge in [-0.25, -0.2) is 4.79 Å². The van der Waals surface area contributed by atoms with E-state index < -0.39 is 0 Å². The summed E-state index contributed by atoms with van der Waals surface area (Å²) >= 11 is 0. The molecule has 0 unspecified atom stereocenters. The van der Waals surface area contributed by atoms with Gasteiger partial charge in [-0.3, -0.25) is 0 Å². The quantitative estimate of drug-likeness (QED) is 0.636. The Morgan fingerprint density at radius 1 is 1.14 bits per heavy atom. The van der Waals surface area contributed by atoms with Gasteiger partial charge in [0.05, 0.1) is 7.11 Å². The third-order valence-electron chi connectivity index (χ3n) is 3.83. The highest BCUT2D eigenvalue weighted by Gasteiger charge is 2.18. The third-order valence-corrected chi connectivity index (χ3v) is 3.83. The Bertz CT molecular complexity index is 702. The molecule has 2 aromatic rings. The first-order valence-corrected chi connectivity index (χ1v) is 7.35. The lowest BCUT2D eigenvalue weighted by Crippen LogP contribution is -1.97. The maximum atomic E-state index is 11.4. The van der Waals surface area contributed by atoms with E-state index in [4.69, 9.17) is 9.47 Å². The maximum absolute atomic E-state index is 11.4. The molecule has 0 aromatic heterocycles. The number of esters is 1. The molecular formula is C19H18O3. The average Bonchev–Trinajstić information content (AvgIpc) is 2.96. The van der Waals surface area contributed by atoms with E-state index in [1.165, 1.54) is 12.7 Å². The van der Waals surface area contributed by atoms with Gasteiger partial charge in [0.1, 0.15) is 12.4 Å². The van der Waals surface area contributed by atoms with Crippen LogP contribution in [0.3, 0.4) is 0 Å². The van der Waals surface area contributed by atoms with E-state index in [0.717, 1.165) is 35.3 Å². The van der Waals surface area contributed by atoms with Crippen LogP contribution < -0.4 is 4.74 Å². The first-order chi connectivity index (χ1) is 10.8. The maximum Gasteiger partial charge on any atom is 0.330 e. The SMILES string of the molecule is COC(=O)C=C1CCc2ccc(OCc3ccccc3)cc21. The molecule has 0 heterocycles. The predicted octanol–water partition coefficient (Wildman–Crippen LogP) is 3.77. The van der Waals surface area contributed by atoms with Gasteiger partial charge in [-0.05, 0) is 47.2 Å². The number of ether oxygens (including phenoxy) is 2. The zero-order valence-electron chi connectivity index (χ0n) is 12.5. The summed E-state index contributed by atoms with van der Waals surface area (Å²) in [5, 5.41) is 0. The van der Waals surface area contributed by atoms with Crippen LogP contribution in [-0.2, 0) is 22.6 Å². The molecule has 1 aliphatic rings. The summed E-state index contributed by atoms with van der Waals surface area (Å²) < 4.78 is 10.6. The van der Waals surface area contributed by atoms with Gasteiger partial charge in [0.15, 0.2) is 0 Å². The van der Waals surface area contributed by atoms with Gasteiger partial charge < -0.3 is 9.47 Å². The number of carbonyl (C=O) groups is 1. The molecule has 3 rings (SSSR count). The number of benzene rings is 2. The minimum absolute atomic E-state index is 0.307. The highest BCUT2D eigenvalue weighted by Crippen LogP contribution is 2.34. The van der Waals surface area contributed by atoms with Gasteiger partial charge >= 0.3 is 5.97 Å². The van der Waals surface area contributed by atoms with Gasteiger partial charge in [0, 0.05) is 6.08 Å². The molecule has 112 valence electrons. The number of hydrogen-bond donors (Lipinski definition) is 0. The van der Waals surface area contributed by atoms with Crippen molar-refractivity contribution in [3.8, 4) is 5.75 Å². The fourth-order valence-electron chi connectivity index (χ4n) is 2.66. The molecule has 1 aliphatic carbocycles. The Kier molecular flexibility index (Phi) is 4.24. The van der Waals surface area contributed by atoms with Crippen molar-refractivity contribution in [1.29, 1.82) is 0 Å². The summed E-state index contributed by atoms with van der Waals surface area (Å²) in [6.07, 6.45) is 3.40. The van der Waals surface area contributed by atoms with Crippen LogP contribution in [0.2, 0.25) is 0 Å². The number of aryl methyl sites for hydroxylation is 1. The number of carbonyl (C=O) groups excluding carboxylic acids is 1. The van der Waals surface area contributed by atoms with Gasteiger partial charge in [-0.15, -0.1) is 0 Å². The Morgan fingerprint density at radius 3 is 2.73 bits per heavy atom. The Hall–Kier alpha value is -2.55. The summed E-state index contributed by atoms with van der Waals surface area (Å²) in [7, 11) is 1.40. The topological polar surface area (TPSA) is 35.5 Å². The Morgan fingerprint density at radius 2 is 1.95 bits per heavy atom. The lowest BCUT2D eigenvalue weighted by molar-refractivity contribution is -0.134. The van der Waals surface area contributed by atoms with Crippen LogP contribution in [0, 0.1) is 0 Å². The molecule has 0 saturated heterocycles. The van der Waals surface area contributed by atoms with Gasteiger partial charge in [-0.1, -0.05) is 36.4 Å². The summed E-state index contributed by atoms with van der Waals surface area (Å²) in [5.74, 6) is 0.513. The van der Waals surface area contributed by atoms with Crippen molar-refractivity contribution >= 4 is 11.5 Å². The normalized spacial score (nSPS) is 14.7. The second-order valence-electron chi connectivity index (χ2n) is 5.29. The second-order valence-corrected chi connectivity index (χ2v) is 5.29. The number of allylic oxidation sites excluding steroid dienone is 1. The van der Waals surface area contributed by atoms with E-state index in [-0.39, 0.29) is 5.97 Å². The summed E-state index contributed by atoms with van der Waals surface area (Å²) in [6.45, 7) is 0.537. The van der Waals surface area contributed by atoms with Crippen molar-refractivity contribution in [1.82, 2.24) is 0 Å². The summed E-state index contributed by atoms with van der Waals surface area (Å²) in [6, 6.07) is 16.1. The molecule has 22 heavy (non-hydrogen) atoms. The summed E-state index contributed by atoms with van der Waals surface area (Å²) in [4.78, 5) is 11.4. The molecule has 0 aliphatic heterocycles. The highest BCUT2D eigenvalue weighted by atomic mass is 16.5. The molecule has 0 spiro atoms. The van der Waals surface area contributed by atoms with E-state index in [9.17, 15) is 4.79 Å². The molecule has 3 nitrogen and oxygen atoms in total. The van der Waals surface area contributed by atoms with Crippen LogP contribution in [0.5, 0.6) is 5.75 Å². The van der Waals surface area contributed by atoms with E-state index in [1.807, 2.05) is 42.5 Å². The van der Waals surface area contributed by atoms with Crippen molar-refractivity contribution in [2.45, 2.75) is 19.4 Å². The molecule has 0 N–H and O–H groups in total. The molecule has 0 radical (unpaired) electrons. The standard InChI is InChI=1S/C19H18O3/c1-21-19(20)11-16-8-7-15-9-10-17(12-18(15)16)22-13-14-5-3-2-4-6-14/h2-6,9-12H,7-8,13H2,1H3. The lowest BCUT2D eigenvalue weighted by Gasteiger charge is -2.09. The first-order valence-electron chi connectivity index (χ1n) is 7.35. The lowest BCUT2D eigenvalue weighted by atomic mass is 10.1. The van der Waals surface area contributed by atoms with Crippen LogP contribution >= 0.6 is 0 Å². The fraction of sp³-hybridized carbons (Fsp3) is 0.211. The summed E-state index contributed by atoms with van der Waals surface area (Å²) in [5.41, 5.74) is 4.50. The molecular weight excluding hydrogens is 276 g/mol. The minimum atomic E-state index is -0.307. The first kappa shape index (κ1) is 14.4. The van der Waals surface area contributed by atoms with Gasteiger partial charge in [0.2, 0.25) is 0 Å². The van der Waals surface area contributed by atoms with Crippen LogP contribution in [0.4, 0.5) is 0 Å². The minimum Gasteiger partial charge on any atom is -0.489 e. The van der Waals surface area contributed by atoms with Crippen molar-refractivity contribution in [2.75, 3.05) is 7.11 Å². The zero-order chi connectivity index (χ0) is 15.4. The molecule has 0 fully saturated rings. The van der Waals surface area contributed by atoms with Crippen LogP contribution in [0.25, 0.3) is 5.57 Å². The molecule has 0 atom stereocenters. The van der Waals surface area contributed by atoms with Crippen molar-refractivity contribution in [2.24, 2.45) is 0 Å². The second kappa shape index (κ2) is 6.48. The van der Waals surface area contributed by atoms with Crippen molar-refractivity contribution in [3.63, 3.8) is 0 Å². The number of hydrogen-bond acceptors (Lipinski definition) is 3. The third kappa shape index (κ3) is 3.19.